The Kier molecular flexibility index (Phi) is 5.41. The molecule has 0 amide bonds. The molecule has 0 radical (unpaired) electrons. The number of halogens is 1. The number of sulfonamides is 1. The first kappa shape index (κ1) is 20.3. The summed E-state index contributed by atoms with van der Waals surface area (Å²) in [5.74, 6) is -0.820. The molecule has 0 fully saturated rings. The summed E-state index contributed by atoms with van der Waals surface area (Å²) in [6.07, 6.45) is 0. The highest BCUT2D eigenvalue weighted by molar-refractivity contribution is 9.11. The summed E-state index contributed by atoms with van der Waals surface area (Å²) >= 11 is 4.34. The minimum atomic E-state index is -3.88. The lowest BCUT2D eigenvalue weighted by atomic mass is 10.2. The molecule has 0 unspecified atom stereocenters. The molecule has 2 aromatic heterocycles. The highest BCUT2D eigenvalue weighted by Gasteiger charge is 2.21. The topological polar surface area (TPSA) is 121 Å². The van der Waals surface area contributed by atoms with Crippen molar-refractivity contribution in [2.24, 2.45) is 0 Å². The van der Waals surface area contributed by atoms with Crippen LogP contribution in [0.2, 0.25) is 0 Å². The summed E-state index contributed by atoms with van der Waals surface area (Å²) in [6, 6.07) is 16.2. The second-order valence-corrected chi connectivity index (χ2v) is 10.5. The first-order chi connectivity index (χ1) is 14.3. The van der Waals surface area contributed by atoms with E-state index in [-0.39, 0.29) is 21.4 Å². The maximum atomic E-state index is 12.8. The molecule has 0 aliphatic rings. The fourth-order valence-electron chi connectivity index (χ4n) is 2.61. The molecule has 152 valence electrons. The van der Waals surface area contributed by atoms with E-state index in [4.69, 9.17) is 5.11 Å². The number of carbonyl (C=O) groups is 1. The van der Waals surface area contributed by atoms with E-state index in [2.05, 4.69) is 35.9 Å². The van der Waals surface area contributed by atoms with Crippen LogP contribution < -0.4 is 10.0 Å². The summed E-state index contributed by atoms with van der Waals surface area (Å²) in [6.45, 7) is 0. The van der Waals surface area contributed by atoms with E-state index < -0.39 is 16.0 Å². The molecule has 2 aromatic carbocycles. The minimum absolute atomic E-state index is 0.0283. The van der Waals surface area contributed by atoms with E-state index in [1.54, 1.807) is 42.5 Å². The fourth-order valence-corrected chi connectivity index (χ4v) is 5.63. The summed E-state index contributed by atoms with van der Waals surface area (Å²) in [5, 5.41) is 12.1. The predicted octanol–water partition coefficient (Wildman–Crippen LogP) is 4.70. The predicted molar refractivity (Wildman–Crippen MR) is 119 cm³/mol. The fraction of sp³-hybridized carbons (Fsp3) is 0. The van der Waals surface area contributed by atoms with Crippen molar-refractivity contribution in [3.8, 4) is 0 Å². The van der Waals surface area contributed by atoms with E-state index in [0.29, 0.717) is 20.5 Å². The molecule has 0 bridgehead atoms. The first-order valence-corrected chi connectivity index (χ1v) is 11.6. The van der Waals surface area contributed by atoms with Crippen molar-refractivity contribution in [3.63, 3.8) is 0 Å². The zero-order valence-electron chi connectivity index (χ0n) is 15.0. The third-order valence-corrected chi connectivity index (χ3v) is 7.46. The Balaban J connectivity index is 1.74. The van der Waals surface area contributed by atoms with Gasteiger partial charge in [0, 0.05) is 5.69 Å². The van der Waals surface area contributed by atoms with Crippen molar-refractivity contribution in [1.29, 1.82) is 0 Å². The lowest BCUT2D eigenvalue weighted by molar-refractivity contribution is 0.0697. The molecular weight excluding hydrogens is 492 g/mol. The van der Waals surface area contributed by atoms with Crippen LogP contribution in [-0.2, 0) is 10.0 Å². The zero-order chi connectivity index (χ0) is 21.3. The lowest BCUT2D eigenvalue weighted by Crippen LogP contribution is -2.15. The second-order valence-electron chi connectivity index (χ2n) is 6.08. The smallest absolute Gasteiger partial charge is 0.335 e. The lowest BCUT2D eigenvalue weighted by Gasteiger charge is -2.13. The molecule has 3 N–H and O–H groups in total. The van der Waals surface area contributed by atoms with Crippen LogP contribution in [0.1, 0.15) is 10.4 Å². The van der Waals surface area contributed by atoms with E-state index in [1.807, 2.05) is 0 Å². The third-order valence-electron chi connectivity index (χ3n) is 4.01. The van der Waals surface area contributed by atoms with Crippen molar-refractivity contribution < 1.29 is 18.3 Å². The molecule has 11 heteroatoms. The number of anilines is 3. The van der Waals surface area contributed by atoms with Gasteiger partial charge in [0.25, 0.3) is 10.0 Å². The number of fused-ring (bicyclic) bond motifs is 1. The molecule has 2 heterocycles. The zero-order valence-corrected chi connectivity index (χ0v) is 18.3. The van der Waals surface area contributed by atoms with Crippen molar-refractivity contribution in [3.05, 3.63) is 70.0 Å². The maximum absolute atomic E-state index is 12.8. The highest BCUT2D eigenvalue weighted by atomic mass is 79.9. The molecule has 0 atom stereocenters. The standard InChI is InChI=1S/C19H13BrN4O4S2/c20-15-9-10-16(29-15)30(27,28)24-18-17(22-13-3-1-2-4-14(13)23-18)21-12-7-5-11(6-8-12)19(25)26/h1-10H,(H,21,22)(H,23,24)(H,25,26). The van der Waals surface area contributed by atoms with Crippen LogP contribution >= 0.6 is 27.3 Å². The third kappa shape index (κ3) is 4.27. The van der Waals surface area contributed by atoms with Gasteiger partial charge in [-0.3, -0.25) is 4.72 Å². The average molecular weight is 505 g/mol. The molecule has 0 saturated carbocycles. The number of benzene rings is 2. The van der Waals surface area contributed by atoms with Gasteiger partial charge in [0.05, 0.1) is 20.4 Å². The quantitative estimate of drug-likeness (QED) is 0.347. The van der Waals surface area contributed by atoms with Crippen LogP contribution in [0.25, 0.3) is 11.0 Å². The number of aromatic carboxylic acids is 1. The number of thiophene rings is 1. The van der Waals surface area contributed by atoms with Crippen molar-refractivity contribution in [2.45, 2.75) is 4.21 Å². The van der Waals surface area contributed by atoms with Crippen molar-refractivity contribution in [1.82, 2.24) is 9.97 Å². The minimum Gasteiger partial charge on any atom is -0.478 e. The molecule has 0 aliphatic carbocycles. The monoisotopic (exact) mass is 504 g/mol. The number of para-hydroxylation sites is 2. The van der Waals surface area contributed by atoms with Gasteiger partial charge in [0.1, 0.15) is 4.21 Å². The van der Waals surface area contributed by atoms with Gasteiger partial charge in [-0.1, -0.05) is 12.1 Å². The second kappa shape index (κ2) is 8.01. The molecule has 4 rings (SSSR count). The SMILES string of the molecule is O=C(O)c1ccc(Nc2nc3ccccc3nc2NS(=O)(=O)c2ccc(Br)s2)cc1. The van der Waals surface area contributed by atoms with Gasteiger partial charge in [-0.25, -0.2) is 23.2 Å². The van der Waals surface area contributed by atoms with Crippen LogP contribution in [0.3, 0.4) is 0 Å². The normalized spacial score (nSPS) is 11.4. The van der Waals surface area contributed by atoms with Crippen molar-refractivity contribution in [2.75, 3.05) is 10.0 Å². The van der Waals surface area contributed by atoms with Crippen molar-refractivity contribution >= 4 is 71.6 Å². The highest BCUT2D eigenvalue weighted by Crippen LogP contribution is 2.30. The van der Waals surface area contributed by atoms with Gasteiger partial charge in [-0.15, -0.1) is 11.3 Å². The average Bonchev–Trinajstić information content (AvgIpc) is 3.16. The van der Waals surface area contributed by atoms with E-state index >= 15 is 0 Å². The van der Waals surface area contributed by atoms with E-state index in [1.165, 1.54) is 18.2 Å². The number of hydrogen-bond donors (Lipinski definition) is 3. The van der Waals surface area contributed by atoms with Crippen LogP contribution in [0.5, 0.6) is 0 Å². The molecular formula is C19H13BrN4O4S2. The van der Waals surface area contributed by atoms with E-state index in [9.17, 15) is 13.2 Å². The first-order valence-electron chi connectivity index (χ1n) is 8.47. The van der Waals surface area contributed by atoms with E-state index in [0.717, 1.165) is 11.3 Å². The Morgan fingerprint density at radius 3 is 2.13 bits per heavy atom. The summed E-state index contributed by atoms with van der Waals surface area (Å²) in [7, 11) is -3.88. The largest absolute Gasteiger partial charge is 0.478 e. The van der Waals surface area contributed by atoms with Crippen LogP contribution in [0.4, 0.5) is 17.3 Å². The van der Waals surface area contributed by atoms with Gasteiger partial charge < -0.3 is 10.4 Å². The van der Waals surface area contributed by atoms with Gasteiger partial charge >= 0.3 is 5.97 Å². The van der Waals surface area contributed by atoms with Gasteiger partial charge in [-0.05, 0) is 64.5 Å². The Morgan fingerprint density at radius 1 is 0.933 bits per heavy atom. The summed E-state index contributed by atoms with van der Waals surface area (Å²) in [5.41, 5.74) is 1.76. The maximum Gasteiger partial charge on any atom is 0.335 e. The van der Waals surface area contributed by atoms with Gasteiger partial charge in [-0.2, -0.15) is 0 Å². The number of carboxylic acids is 1. The van der Waals surface area contributed by atoms with Gasteiger partial charge in [0.2, 0.25) is 0 Å². The number of nitrogens with zero attached hydrogens (tertiary/aromatic N) is 2. The summed E-state index contributed by atoms with van der Waals surface area (Å²) < 4.78 is 28.9. The van der Waals surface area contributed by atoms with Gasteiger partial charge in [0.15, 0.2) is 11.6 Å². The summed E-state index contributed by atoms with van der Waals surface area (Å²) in [4.78, 5) is 19.9. The molecule has 0 aliphatic heterocycles. The molecule has 0 saturated heterocycles. The molecule has 30 heavy (non-hydrogen) atoms. The number of rotatable bonds is 6. The Labute approximate surface area is 183 Å². The molecule has 4 aromatic rings. The Morgan fingerprint density at radius 2 is 1.57 bits per heavy atom. The van der Waals surface area contributed by atoms with Crippen LogP contribution in [0, 0.1) is 0 Å². The molecule has 0 spiro atoms. The van der Waals surface area contributed by atoms with Crippen LogP contribution in [-0.4, -0.2) is 29.5 Å². The molecule has 8 nitrogen and oxygen atoms in total. The number of carboxylic acid groups (broad SMARTS) is 1. The number of hydrogen-bond acceptors (Lipinski definition) is 7. The van der Waals surface area contributed by atoms with Crippen LogP contribution in [0.15, 0.2) is 68.7 Å². The number of aromatic nitrogens is 2. The Bertz CT molecular complexity index is 1350. The Hall–Kier alpha value is -3.02. The number of nitrogens with one attached hydrogen (secondary N) is 2.